The quantitative estimate of drug-likeness (QED) is 0.855. The van der Waals surface area contributed by atoms with Crippen molar-refractivity contribution in [2.45, 2.75) is 26.2 Å². The van der Waals surface area contributed by atoms with Crippen LogP contribution < -0.4 is 5.73 Å². The van der Waals surface area contributed by atoms with Crippen LogP contribution in [-0.4, -0.2) is 6.54 Å². The number of aryl methyl sites for hydroxylation is 1. The van der Waals surface area contributed by atoms with Gasteiger partial charge >= 0.3 is 0 Å². The Labute approximate surface area is 86.1 Å². The van der Waals surface area contributed by atoms with E-state index in [1.165, 1.54) is 14.9 Å². The number of thiophene rings is 1. The van der Waals surface area contributed by atoms with Gasteiger partial charge < -0.3 is 5.73 Å². The van der Waals surface area contributed by atoms with E-state index in [2.05, 4.69) is 42.1 Å². The van der Waals surface area contributed by atoms with Crippen LogP contribution in [0.5, 0.6) is 0 Å². The smallest absolute Gasteiger partial charge is 0.0349 e. The third-order valence-corrected chi connectivity index (χ3v) is 4.77. The van der Waals surface area contributed by atoms with Gasteiger partial charge in [0.05, 0.1) is 0 Å². The van der Waals surface area contributed by atoms with E-state index < -0.39 is 0 Å². The minimum absolute atomic E-state index is 0.0950. The lowest BCUT2D eigenvalue weighted by atomic mass is 9.91. The molecule has 1 aromatic heterocycles. The first-order valence-electron chi connectivity index (χ1n) is 3.93. The molecule has 0 unspecified atom stereocenters. The van der Waals surface area contributed by atoms with Crippen LogP contribution >= 0.6 is 27.3 Å². The van der Waals surface area contributed by atoms with Crippen molar-refractivity contribution >= 4 is 27.3 Å². The Morgan fingerprint density at radius 2 is 2.17 bits per heavy atom. The van der Waals surface area contributed by atoms with E-state index in [-0.39, 0.29) is 5.41 Å². The fourth-order valence-corrected chi connectivity index (χ4v) is 3.14. The zero-order valence-corrected chi connectivity index (χ0v) is 10.1. The predicted octanol–water partition coefficient (Wildman–Crippen LogP) is 3.06. The van der Waals surface area contributed by atoms with E-state index >= 15 is 0 Å². The Morgan fingerprint density at radius 1 is 1.58 bits per heavy atom. The fourth-order valence-electron chi connectivity index (χ4n) is 0.979. The molecule has 0 saturated carbocycles. The molecule has 0 aliphatic heterocycles. The molecule has 0 saturated heterocycles. The van der Waals surface area contributed by atoms with E-state index in [1.54, 1.807) is 11.3 Å². The SMILES string of the molecule is Cc1csc(C(C)(C)CN)c1Br. The highest BCUT2D eigenvalue weighted by atomic mass is 79.9. The molecule has 0 fully saturated rings. The van der Waals surface area contributed by atoms with Gasteiger partial charge in [0.15, 0.2) is 0 Å². The summed E-state index contributed by atoms with van der Waals surface area (Å²) in [4.78, 5) is 1.35. The average Bonchev–Trinajstić information content (AvgIpc) is 2.33. The summed E-state index contributed by atoms with van der Waals surface area (Å²) in [6.07, 6.45) is 0. The number of halogens is 1. The average molecular weight is 248 g/mol. The van der Waals surface area contributed by atoms with Gasteiger partial charge in [-0.25, -0.2) is 0 Å². The van der Waals surface area contributed by atoms with Crippen LogP contribution in [0.1, 0.15) is 24.3 Å². The standard InChI is InChI=1S/C9H14BrNS/c1-6-4-12-8(7(6)10)9(2,3)5-11/h4H,5,11H2,1-3H3. The van der Waals surface area contributed by atoms with E-state index in [4.69, 9.17) is 5.73 Å². The van der Waals surface area contributed by atoms with Gasteiger partial charge in [0.25, 0.3) is 0 Å². The number of hydrogen-bond donors (Lipinski definition) is 1. The molecule has 0 aliphatic carbocycles. The van der Waals surface area contributed by atoms with Crippen molar-refractivity contribution < 1.29 is 0 Å². The third kappa shape index (κ3) is 1.73. The molecule has 12 heavy (non-hydrogen) atoms. The molecule has 0 bridgehead atoms. The van der Waals surface area contributed by atoms with Gasteiger partial charge in [-0.15, -0.1) is 11.3 Å². The number of nitrogens with two attached hydrogens (primary N) is 1. The maximum atomic E-state index is 5.70. The molecule has 2 N–H and O–H groups in total. The Balaban J connectivity index is 3.11. The number of rotatable bonds is 2. The summed E-state index contributed by atoms with van der Waals surface area (Å²) < 4.78 is 1.22. The summed E-state index contributed by atoms with van der Waals surface area (Å²) >= 11 is 5.36. The van der Waals surface area contributed by atoms with Crippen molar-refractivity contribution in [3.8, 4) is 0 Å². The van der Waals surface area contributed by atoms with Gasteiger partial charge in [0.2, 0.25) is 0 Å². The Kier molecular flexibility index (Phi) is 2.97. The van der Waals surface area contributed by atoms with E-state index in [0.717, 1.165) is 0 Å². The van der Waals surface area contributed by atoms with Gasteiger partial charge in [-0.05, 0) is 33.8 Å². The number of hydrogen-bond acceptors (Lipinski definition) is 2. The van der Waals surface area contributed by atoms with Gasteiger partial charge in [-0.1, -0.05) is 13.8 Å². The predicted molar refractivity (Wildman–Crippen MR) is 58.8 cm³/mol. The fraction of sp³-hybridized carbons (Fsp3) is 0.556. The van der Waals surface area contributed by atoms with Crippen molar-refractivity contribution in [3.05, 3.63) is 20.3 Å². The van der Waals surface area contributed by atoms with Gasteiger partial charge in [0, 0.05) is 21.3 Å². The lowest BCUT2D eigenvalue weighted by Crippen LogP contribution is -2.27. The molecular formula is C9H14BrNS. The highest BCUT2D eigenvalue weighted by Gasteiger charge is 2.23. The molecule has 3 heteroatoms. The van der Waals surface area contributed by atoms with Crippen LogP contribution in [0, 0.1) is 6.92 Å². The molecule has 68 valence electrons. The summed E-state index contributed by atoms with van der Waals surface area (Å²) in [7, 11) is 0. The summed E-state index contributed by atoms with van der Waals surface area (Å²) in [6, 6.07) is 0. The largest absolute Gasteiger partial charge is 0.330 e. The van der Waals surface area contributed by atoms with Crippen molar-refractivity contribution in [2.75, 3.05) is 6.54 Å². The zero-order chi connectivity index (χ0) is 9.35. The summed E-state index contributed by atoms with van der Waals surface area (Å²) in [5.74, 6) is 0. The first-order chi connectivity index (χ1) is 5.49. The van der Waals surface area contributed by atoms with Crippen LogP contribution in [0.2, 0.25) is 0 Å². The third-order valence-electron chi connectivity index (χ3n) is 2.02. The second kappa shape index (κ2) is 3.48. The van der Waals surface area contributed by atoms with Crippen LogP contribution in [0.25, 0.3) is 0 Å². The van der Waals surface area contributed by atoms with E-state index in [0.29, 0.717) is 6.54 Å². The van der Waals surface area contributed by atoms with Crippen LogP contribution in [-0.2, 0) is 5.41 Å². The minimum Gasteiger partial charge on any atom is -0.330 e. The topological polar surface area (TPSA) is 26.0 Å². The molecule has 1 rings (SSSR count). The molecule has 1 aromatic rings. The van der Waals surface area contributed by atoms with Crippen molar-refractivity contribution in [3.63, 3.8) is 0 Å². The monoisotopic (exact) mass is 247 g/mol. The zero-order valence-electron chi connectivity index (χ0n) is 7.65. The summed E-state index contributed by atoms with van der Waals surface area (Å²) in [6.45, 7) is 7.13. The molecule has 0 aliphatic rings. The van der Waals surface area contributed by atoms with Crippen LogP contribution in [0.3, 0.4) is 0 Å². The van der Waals surface area contributed by atoms with Crippen molar-refractivity contribution in [2.24, 2.45) is 5.73 Å². The van der Waals surface area contributed by atoms with E-state index in [1.807, 2.05) is 0 Å². The Morgan fingerprint density at radius 3 is 2.50 bits per heavy atom. The van der Waals surface area contributed by atoms with Crippen molar-refractivity contribution in [1.82, 2.24) is 0 Å². The maximum Gasteiger partial charge on any atom is 0.0349 e. The molecule has 1 heterocycles. The second-order valence-corrected chi connectivity index (χ2v) is 5.32. The molecule has 0 spiro atoms. The molecule has 0 radical (unpaired) electrons. The second-order valence-electron chi connectivity index (χ2n) is 3.65. The van der Waals surface area contributed by atoms with Gasteiger partial charge in [-0.3, -0.25) is 0 Å². The Bertz CT molecular complexity index is 278. The first kappa shape index (κ1) is 10.2. The highest BCUT2D eigenvalue weighted by Crippen LogP contribution is 2.36. The Hall–Kier alpha value is 0.140. The van der Waals surface area contributed by atoms with Crippen LogP contribution in [0.4, 0.5) is 0 Å². The summed E-state index contributed by atoms with van der Waals surface area (Å²) in [5.41, 5.74) is 7.10. The highest BCUT2D eigenvalue weighted by molar-refractivity contribution is 9.10. The molecule has 0 aromatic carbocycles. The van der Waals surface area contributed by atoms with Gasteiger partial charge in [-0.2, -0.15) is 0 Å². The molecule has 0 amide bonds. The lowest BCUT2D eigenvalue weighted by Gasteiger charge is -2.21. The van der Waals surface area contributed by atoms with E-state index in [9.17, 15) is 0 Å². The van der Waals surface area contributed by atoms with Crippen molar-refractivity contribution in [1.29, 1.82) is 0 Å². The maximum absolute atomic E-state index is 5.70. The molecule has 0 atom stereocenters. The lowest BCUT2D eigenvalue weighted by molar-refractivity contribution is 0.548. The van der Waals surface area contributed by atoms with Crippen LogP contribution in [0.15, 0.2) is 9.85 Å². The first-order valence-corrected chi connectivity index (χ1v) is 5.60. The summed E-state index contributed by atoms with van der Waals surface area (Å²) in [5, 5.41) is 2.16. The normalized spacial score (nSPS) is 12.1. The molecular weight excluding hydrogens is 234 g/mol. The molecule has 1 nitrogen and oxygen atoms in total. The van der Waals surface area contributed by atoms with Gasteiger partial charge in [0.1, 0.15) is 0 Å². The minimum atomic E-state index is 0.0950.